The Bertz CT molecular complexity index is 825. The van der Waals surface area contributed by atoms with Crippen LogP contribution < -0.4 is 5.32 Å². The van der Waals surface area contributed by atoms with Gasteiger partial charge >= 0.3 is 0 Å². The normalized spacial score (nSPS) is 10.8. The summed E-state index contributed by atoms with van der Waals surface area (Å²) in [6.07, 6.45) is 0. The lowest BCUT2D eigenvalue weighted by Gasteiger charge is -2.10. The number of anilines is 1. The monoisotopic (exact) mass is 308 g/mol. The van der Waals surface area contributed by atoms with Crippen molar-refractivity contribution in [2.45, 2.75) is 34.2 Å². The van der Waals surface area contributed by atoms with Crippen molar-refractivity contribution in [3.63, 3.8) is 0 Å². The van der Waals surface area contributed by atoms with Gasteiger partial charge in [0.1, 0.15) is 17.3 Å². The number of hydrogen-bond acceptors (Lipinski definition) is 5. The van der Waals surface area contributed by atoms with Crippen LogP contribution in [0, 0.1) is 27.7 Å². The van der Waals surface area contributed by atoms with E-state index in [1.165, 1.54) is 0 Å². The molecule has 23 heavy (non-hydrogen) atoms. The van der Waals surface area contributed by atoms with Crippen LogP contribution in [0.2, 0.25) is 0 Å². The van der Waals surface area contributed by atoms with E-state index in [-0.39, 0.29) is 0 Å². The van der Waals surface area contributed by atoms with Gasteiger partial charge in [0.25, 0.3) is 0 Å². The quantitative estimate of drug-likeness (QED) is 0.790. The summed E-state index contributed by atoms with van der Waals surface area (Å²) >= 11 is 0. The Morgan fingerprint density at radius 2 is 1.70 bits per heavy atom. The van der Waals surface area contributed by atoms with Gasteiger partial charge in [0.05, 0.1) is 6.54 Å². The van der Waals surface area contributed by atoms with Crippen LogP contribution in [0.4, 0.5) is 5.82 Å². The molecule has 0 atom stereocenters. The highest BCUT2D eigenvalue weighted by atomic mass is 16.5. The minimum absolute atomic E-state index is 0.568. The summed E-state index contributed by atoms with van der Waals surface area (Å²) in [6, 6.07) is 10.0. The van der Waals surface area contributed by atoms with E-state index in [2.05, 4.69) is 20.4 Å². The standard InChI is InChI=1S/C18H20N4O/c1-11-13(3)20-14(4)21-18(11)19-10-16-12(2)17(23-22-16)15-8-6-5-7-9-15/h5-9H,10H2,1-4H3,(H,19,20,21). The van der Waals surface area contributed by atoms with Gasteiger partial charge in [0, 0.05) is 22.4 Å². The molecule has 0 radical (unpaired) electrons. The minimum Gasteiger partial charge on any atom is -0.364 e. The third-order valence-electron chi connectivity index (χ3n) is 3.98. The second-order valence-corrected chi connectivity index (χ2v) is 5.63. The molecule has 0 saturated heterocycles. The van der Waals surface area contributed by atoms with Crippen LogP contribution in [0.15, 0.2) is 34.9 Å². The molecule has 0 spiro atoms. The molecule has 0 aliphatic rings. The van der Waals surface area contributed by atoms with Crippen LogP contribution in [0.5, 0.6) is 0 Å². The second kappa shape index (κ2) is 6.20. The van der Waals surface area contributed by atoms with Gasteiger partial charge in [0.2, 0.25) is 0 Å². The summed E-state index contributed by atoms with van der Waals surface area (Å²) < 4.78 is 5.52. The topological polar surface area (TPSA) is 63.8 Å². The fourth-order valence-corrected chi connectivity index (χ4v) is 2.50. The molecule has 1 N–H and O–H groups in total. The average Bonchev–Trinajstić information content (AvgIpc) is 2.91. The molecule has 3 aromatic rings. The van der Waals surface area contributed by atoms with E-state index in [1.807, 2.05) is 58.0 Å². The molecule has 0 fully saturated rings. The lowest BCUT2D eigenvalue weighted by atomic mass is 10.1. The molecule has 0 amide bonds. The van der Waals surface area contributed by atoms with Crippen LogP contribution in [-0.4, -0.2) is 15.1 Å². The van der Waals surface area contributed by atoms with Crippen molar-refractivity contribution in [2.75, 3.05) is 5.32 Å². The summed E-state index contributed by atoms with van der Waals surface area (Å²) in [5.41, 5.74) is 5.01. The number of rotatable bonds is 4. The third kappa shape index (κ3) is 3.08. The maximum atomic E-state index is 5.52. The Hall–Kier alpha value is -2.69. The Morgan fingerprint density at radius 3 is 2.43 bits per heavy atom. The Morgan fingerprint density at radius 1 is 0.957 bits per heavy atom. The van der Waals surface area contributed by atoms with Gasteiger partial charge in [0.15, 0.2) is 5.76 Å². The third-order valence-corrected chi connectivity index (χ3v) is 3.98. The number of aromatic nitrogens is 3. The van der Waals surface area contributed by atoms with Crippen molar-refractivity contribution in [2.24, 2.45) is 0 Å². The summed E-state index contributed by atoms with van der Waals surface area (Å²) in [6.45, 7) is 8.50. The Kier molecular flexibility index (Phi) is 4.10. The lowest BCUT2D eigenvalue weighted by molar-refractivity contribution is 0.424. The van der Waals surface area contributed by atoms with Crippen LogP contribution >= 0.6 is 0 Å². The van der Waals surface area contributed by atoms with E-state index >= 15 is 0 Å². The predicted molar refractivity (Wildman–Crippen MR) is 90.2 cm³/mol. The van der Waals surface area contributed by atoms with Gasteiger partial charge in [-0.1, -0.05) is 35.5 Å². The van der Waals surface area contributed by atoms with Crippen molar-refractivity contribution in [1.29, 1.82) is 0 Å². The minimum atomic E-state index is 0.568. The maximum Gasteiger partial charge on any atom is 0.170 e. The van der Waals surface area contributed by atoms with Crippen molar-refractivity contribution >= 4 is 5.82 Å². The number of nitrogens with one attached hydrogen (secondary N) is 1. The van der Waals surface area contributed by atoms with E-state index < -0.39 is 0 Å². The maximum absolute atomic E-state index is 5.52. The summed E-state index contributed by atoms with van der Waals surface area (Å²) in [5.74, 6) is 2.42. The molecule has 0 saturated carbocycles. The highest BCUT2D eigenvalue weighted by Gasteiger charge is 2.14. The summed E-state index contributed by atoms with van der Waals surface area (Å²) in [7, 11) is 0. The summed E-state index contributed by atoms with van der Waals surface area (Å²) in [5, 5.41) is 7.54. The molecule has 5 heteroatoms. The largest absolute Gasteiger partial charge is 0.364 e. The van der Waals surface area contributed by atoms with Crippen molar-refractivity contribution in [1.82, 2.24) is 15.1 Å². The first-order valence-electron chi connectivity index (χ1n) is 7.62. The van der Waals surface area contributed by atoms with Crippen LogP contribution in [0.3, 0.4) is 0 Å². The molecule has 0 bridgehead atoms. The fourth-order valence-electron chi connectivity index (χ4n) is 2.50. The highest BCUT2D eigenvalue weighted by molar-refractivity contribution is 5.61. The van der Waals surface area contributed by atoms with Crippen LogP contribution in [-0.2, 0) is 6.54 Å². The Balaban J connectivity index is 1.81. The molecule has 5 nitrogen and oxygen atoms in total. The molecule has 2 aromatic heterocycles. The van der Waals surface area contributed by atoms with Gasteiger partial charge in [-0.05, 0) is 27.7 Å². The summed E-state index contributed by atoms with van der Waals surface area (Å²) in [4.78, 5) is 8.83. The first-order valence-corrected chi connectivity index (χ1v) is 7.62. The molecule has 0 unspecified atom stereocenters. The molecule has 0 aliphatic heterocycles. The van der Waals surface area contributed by atoms with Crippen molar-refractivity contribution < 1.29 is 4.52 Å². The molecule has 2 heterocycles. The molecule has 0 aliphatic carbocycles. The fraction of sp³-hybridized carbons (Fsp3) is 0.278. The van der Waals surface area contributed by atoms with Gasteiger partial charge in [-0.2, -0.15) is 0 Å². The van der Waals surface area contributed by atoms with Gasteiger partial charge < -0.3 is 9.84 Å². The van der Waals surface area contributed by atoms with Crippen LogP contribution in [0.1, 0.15) is 28.3 Å². The van der Waals surface area contributed by atoms with Gasteiger partial charge in [-0.15, -0.1) is 0 Å². The van der Waals surface area contributed by atoms with Crippen molar-refractivity contribution in [3.05, 3.63) is 58.7 Å². The molecule has 3 rings (SSSR count). The van der Waals surface area contributed by atoms with E-state index in [4.69, 9.17) is 4.52 Å². The molecular weight excluding hydrogens is 288 g/mol. The number of benzene rings is 1. The zero-order valence-electron chi connectivity index (χ0n) is 13.8. The SMILES string of the molecule is Cc1nc(C)c(C)c(NCc2noc(-c3ccccc3)c2C)n1. The molecule has 118 valence electrons. The van der Waals surface area contributed by atoms with Gasteiger partial charge in [-0.3, -0.25) is 0 Å². The first-order chi connectivity index (χ1) is 11.1. The number of aryl methyl sites for hydroxylation is 2. The van der Waals surface area contributed by atoms with E-state index in [0.29, 0.717) is 6.54 Å². The average molecular weight is 308 g/mol. The highest BCUT2D eigenvalue weighted by Crippen LogP contribution is 2.26. The smallest absolute Gasteiger partial charge is 0.170 e. The van der Waals surface area contributed by atoms with Gasteiger partial charge in [-0.25, -0.2) is 9.97 Å². The van der Waals surface area contributed by atoms with E-state index in [9.17, 15) is 0 Å². The lowest BCUT2D eigenvalue weighted by Crippen LogP contribution is -2.07. The van der Waals surface area contributed by atoms with E-state index in [1.54, 1.807) is 0 Å². The number of nitrogens with zero attached hydrogens (tertiary/aromatic N) is 3. The predicted octanol–water partition coefficient (Wildman–Crippen LogP) is 3.98. The second-order valence-electron chi connectivity index (χ2n) is 5.63. The Labute approximate surface area is 135 Å². The first kappa shape index (κ1) is 15.2. The molecular formula is C18H20N4O. The zero-order chi connectivity index (χ0) is 16.4. The van der Waals surface area contributed by atoms with E-state index in [0.717, 1.165) is 45.5 Å². The van der Waals surface area contributed by atoms with Crippen molar-refractivity contribution in [3.8, 4) is 11.3 Å². The van der Waals surface area contributed by atoms with Crippen LogP contribution in [0.25, 0.3) is 11.3 Å². The number of hydrogen-bond donors (Lipinski definition) is 1. The molecule has 1 aromatic carbocycles. The zero-order valence-corrected chi connectivity index (χ0v) is 13.8.